The molecule has 1 amide bonds. The third kappa shape index (κ3) is 3.48. The van der Waals surface area contributed by atoms with Crippen LogP contribution in [0, 0.1) is 5.92 Å². The molecule has 1 saturated carbocycles. The van der Waals surface area contributed by atoms with Crippen LogP contribution >= 0.6 is 11.3 Å². The maximum atomic E-state index is 12.3. The van der Waals surface area contributed by atoms with Gasteiger partial charge in [0.15, 0.2) is 0 Å². The Kier molecular flexibility index (Phi) is 4.94. The third-order valence-electron chi connectivity index (χ3n) is 4.44. The molecule has 3 rings (SSSR count). The second-order valence-corrected chi connectivity index (χ2v) is 6.97. The minimum atomic E-state index is -0.874. The number of carboxylic acid groups (broad SMARTS) is 1. The van der Waals surface area contributed by atoms with Gasteiger partial charge in [-0.3, -0.25) is 19.0 Å². The van der Waals surface area contributed by atoms with E-state index in [1.807, 2.05) is 0 Å². The van der Waals surface area contributed by atoms with Crippen LogP contribution in [0.4, 0.5) is 0 Å². The van der Waals surface area contributed by atoms with Gasteiger partial charge in [-0.05, 0) is 24.3 Å². The Balaban J connectivity index is 1.72. The molecule has 7 nitrogen and oxygen atoms in total. The number of carboxylic acids is 1. The molecule has 8 heteroatoms. The number of hydrogen-bond donors (Lipinski definition) is 2. The minimum Gasteiger partial charge on any atom is -0.481 e. The fourth-order valence-electron chi connectivity index (χ4n) is 3.19. The van der Waals surface area contributed by atoms with Crippen molar-refractivity contribution < 1.29 is 14.7 Å². The maximum Gasteiger partial charge on any atom is 0.308 e. The number of nitrogens with zero attached hydrogens (tertiary/aromatic N) is 2. The van der Waals surface area contributed by atoms with Crippen LogP contribution in [-0.2, 0) is 16.1 Å². The van der Waals surface area contributed by atoms with E-state index in [0.29, 0.717) is 23.1 Å². The summed E-state index contributed by atoms with van der Waals surface area (Å²) in [6.45, 7) is -0.152. The van der Waals surface area contributed by atoms with Gasteiger partial charge in [0, 0.05) is 6.04 Å². The Hall–Kier alpha value is -2.22. The SMILES string of the molecule is O=C(Cn1cnc2sccc2c1=O)N[C@H]1CCCCC[C@H]1C(=O)O. The molecule has 2 atom stereocenters. The molecule has 1 aliphatic rings. The van der Waals surface area contributed by atoms with Gasteiger partial charge in [0.25, 0.3) is 5.56 Å². The minimum absolute atomic E-state index is 0.152. The topological polar surface area (TPSA) is 101 Å². The average molecular weight is 349 g/mol. The Morgan fingerprint density at radius 2 is 2.12 bits per heavy atom. The molecule has 0 radical (unpaired) electrons. The van der Waals surface area contributed by atoms with Crippen molar-refractivity contribution in [3.63, 3.8) is 0 Å². The fraction of sp³-hybridized carbons (Fsp3) is 0.500. The first-order valence-corrected chi connectivity index (χ1v) is 8.89. The van der Waals surface area contributed by atoms with E-state index in [4.69, 9.17) is 0 Å². The summed E-state index contributed by atoms with van der Waals surface area (Å²) >= 11 is 1.37. The lowest BCUT2D eigenvalue weighted by Crippen LogP contribution is -2.44. The van der Waals surface area contributed by atoms with Crippen molar-refractivity contribution in [1.82, 2.24) is 14.9 Å². The van der Waals surface area contributed by atoms with Gasteiger partial charge in [-0.15, -0.1) is 11.3 Å². The van der Waals surface area contributed by atoms with Crippen LogP contribution in [-0.4, -0.2) is 32.6 Å². The molecule has 0 unspecified atom stereocenters. The molecule has 0 aliphatic heterocycles. The summed E-state index contributed by atoms with van der Waals surface area (Å²) in [7, 11) is 0. The summed E-state index contributed by atoms with van der Waals surface area (Å²) in [5.74, 6) is -1.79. The Labute approximate surface area is 142 Å². The van der Waals surface area contributed by atoms with E-state index < -0.39 is 11.9 Å². The van der Waals surface area contributed by atoms with Gasteiger partial charge in [-0.25, -0.2) is 4.98 Å². The molecule has 2 aromatic heterocycles. The average Bonchev–Trinajstić information content (AvgIpc) is 2.90. The first kappa shape index (κ1) is 16.6. The lowest BCUT2D eigenvalue weighted by Gasteiger charge is -2.23. The lowest BCUT2D eigenvalue weighted by molar-refractivity contribution is -0.143. The highest BCUT2D eigenvalue weighted by atomic mass is 32.1. The van der Waals surface area contributed by atoms with Crippen LogP contribution in [0.15, 0.2) is 22.6 Å². The molecule has 128 valence electrons. The van der Waals surface area contributed by atoms with Crippen molar-refractivity contribution in [2.24, 2.45) is 5.92 Å². The smallest absolute Gasteiger partial charge is 0.308 e. The summed E-state index contributed by atoms with van der Waals surface area (Å²) in [6, 6.07) is 1.31. The molecule has 0 saturated heterocycles. The molecule has 0 aromatic carbocycles. The van der Waals surface area contributed by atoms with E-state index in [0.717, 1.165) is 19.3 Å². The summed E-state index contributed by atoms with van der Waals surface area (Å²) < 4.78 is 1.26. The molecular formula is C16H19N3O4S. The quantitative estimate of drug-likeness (QED) is 0.817. The van der Waals surface area contributed by atoms with E-state index in [1.165, 1.54) is 22.2 Å². The second kappa shape index (κ2) is 7.12. The highest BCUT2D eigenvalue weighted by molar-refractivity contribution is 7.16. The van der Waals surface area contributed by atoms with Gasteiger partial charge < -0.3 is 10.4 Å². The van der Waals surface area contributed by atoms with Crippen molar-refractivity contribution in [2.45, 2.75) is 44.7 Å². The number of carbonyl (C=O) groups is 2. The van der Waals surface area contributed by atoms with E-state index in [2.05, 4.69) is 10.3 Å². The normalized spacial score (nSPS) is 21.3. The molecule has 0 bridgehead atoms. The van der Waals surface area contributed by atoms with Crippen LogP contribution in [0.2, 0.25) is 0 Å². The molecule has 2 heterocycles. The van der Waals surface area contributed by atoms with Gasteiger partial charge >= 0.3 is 5.97 Å². The van der Waals surface area contributed by atoms with Crippen molar-refractivity contribution in [3.8, 4) is 0 Å². The number of aliphatic carboxylic acids is 1. The van der Waals surface area contributed by atoms with Gasteiger partial charge in [-0.2, -0.15) is 0 Å². The van der Waals surface area contributed by atoms with Crippen molar-refractivity contribution in [3.05, 3.63) is 28.1 Å². The zero-order chi connectivity index (χ0) is 17.1. The van der Waals surface area contributed by atoms with Gasteiger partial charge in [-0.1, -0.05) is 19.3 Å². The first-order valence-electron chi connectivity index (χ1n) is 8.01. The van der Waals surface area contributed by atoms with Crippen LogP contribution in [0.3, 0.4) is 0 Å². The number of nitrogens with one attached hydrogen (secondary N) is 1. The van der Waals surface area contributed by atoms with Gasteiger partial charge in [0.05, 0.1) is 17.6 Å². The molecule has 1 fully saturated rings. The summed E-state index contributed by atoms with van der Waals surface area (Å²) in [4.78, 5) is 40.8. The molecule has 0 spiro atoms. The number of carbonyl (C=O) groups excluding carboxylic acids is 1. The first-order chi connectivity index (χ1) is 11.6. The lowest BCUT2D eigenvalue weighted by atomic mass is 9.95. The van der Waals surface area contributed by atoms with E-state index >= 15 is 0 Å². The van der Waals surface area contributed by atoms with Crippen LogP contribution in [0.1, 0.15) is 32.1 Å². The Bertz CT molecular complexity index is 813. The standard InChI is InChI=1S/C16H19N3O4S/c20-13(18-12-5-3-1-2-4-10(12)16(22)23)8-19-9-17-14-11(15(19)21)6-7-24-14/h6-7,9-10,12H,1-5,8H2,(H,18,20)(H,22,23)/t10-,12+/m1/s1. The predicted octanol–water partition coefficient (Wildman–Crippen LogP) is 1.61. The van der Waals surface area contributed by atoms with E-state index in [9.17, 15) is 19.5 Å². The predicted molar refractivity (Wildman–Crippen MR) is 90.0 cm³/mol. The zero-order valence-corrected chi connectivity index (χ0v) is 13.9. The van der Waals surface area contributed by atoms with Crippen molar-refractivity contribution in [2.75, 3.05) is 0 Å². The fourth-order valence-corrected chi connectivity index (χ4v) is 3.91. The number of hydrogen-bond acceptors (Lipinski definition) is 5. The summed E-state index contributed by atoms with van der Waals surface area (Å²) in [6.07, 6.45) is 5.33. The Morgan fingerprint density at radius 1 is 1.33 bits per heavy atom. The highest BCUT2D eigenvalue weighted by Crippen LogP contribution is 2.23. The summed E-state index contributed by atoms with van der Waals surface area (Å²) in [5.41, 5.74) is -0.257. The number of rotatable bonds is 4. The highest BCUT2D eigenvalue weighted by Gasteiger charge is 2.30. The van der Waals surface area contributed by atoms with Gasteiger partial charge in [0.2, 0.25) is 5.91 Å². The van der Waals surface area contributed by atoms with Crippen LogP contribution in [0.25, 0.3) is 10.2 Å². The molecule has 1 aliphatic carbocycles. The second-order valence-electron chi connectivity index (χ2n) is 6.07. The molecule has 24 heavy (non-hydrogen) atoms. The molecule has 2 N–H and O–H groups in total. The number of amides is 1. The van der Waals surface area contributed by atoms with E-state index in [-0.39, 0.29) is 24.1 Å². The third-order valence-corrected chi connectivity index (χ3v) is 5.26. The number of thiophene rings is 1. The zero-order valence-electron chi connectivity index (χ0n) is 13.1. The van der Waals surface area contributed by atoms with Gasteiger partial charge in [0.1, 0.15) is 11.4 Å². The Morgan fingerprint density at radius 3 is 2.92 bits per heavy atom. The number of aromatic nitrogens is 2. The van der Waals surface area contributed by atoms with Crippen LogP contribution in [0.5, 0.6) is 0 Å². The number of fused-ring (bicyclic) bond motifs is 1. The monoisotopic (exact) mass is 349 g/mol. The van der Waals surface area contributed by atoms with Crippen LogP contribution < -0.4 is 10.9 Å². The largest absolute Gasteiger partial charge is 0.481 e. The molecular weight excluding hydrogens is 330 g/mol. The van der Waals surface area contributed by atoms with Crippen molar-refractivity contribution >= 4 is 33.4 Å². The van der Waals surface area contributed by atoms with E-state index in [1.54, 1.807) is 11.4 Å². The summed E-state index contributed by atoms with van der Waals surface area (Å²) in [5, 5.41) is 14.4. The molecule has 2 aromatic rings. The van der Waals surface area contributed by atoms with Crippen molar-refractivity contribution in [1.29, 1.82) is 0 Å². The maximum absolute atomic E-state index is 12.3.